The maximum atomic E-state index is 10.2. The van der Waals surface area contributed by atoms with Crippen LogP contribution < -0.4 is 11.6 Å². The lowest BCUT2D eigenvalue weighted by molar-refractivity contribution is 0.0418. The van der Waals surface area contributed by atoms with Crippen LogP contribution in [0.3, 0.4) is 0 Å². The zero-order valence-electron chi connectivity index (χ0n) is 13.0. The van der Waals surface area contributed by atoms with Crippen LogP contribution >= 0.6 is 0 Å². The molecule has 0 saturated heterocycles. The monoisotopic (exact) mass is 310 g/mol. The average molecular weight is 310 g/mol. The number of nitriles is 1. The van der Waals surface area contributed by atoms with E-state index in [2.05, 4.69) is 6.07 Å². The predicted molar refractivity (Wildman–Crippen MR) is 89.6 cm³/mol. The maximum Gasteiger partial charge on any atom is 0.0991 e. The van der Waals surface area contributed by atoms with E-state index >= 15 is 0 Å². The summed E-state index contributed by atoms with van der Waals surface area (Å²) in [4.78, 5) is 0. The molecule has 2 atom stereocenters. The van der Waals surface area contributed by atoms with Crippen LogP contribution in [0, 0.1) is 11.3 Å². The molecule has 0 saturated carbocycles. The van der Waals surface area contributed by atoms with Gasteiger partial charge in [-0.2, -0.15) is 5.26 Å². The molecular weight excluding hydrogens is 288 g/mol. The zero-order valence-corrected chi connectivity index (χ0v) is 13.0. The van der Waals surface area contributed by atoms with Crippen LogP contribution in [0.2, 0.25) is 0 Å². The summed E-state index contributed by atoms with van der Waals surface area (Å²) in [7, 11) is 0. The van der Waals surface area contributed by atoms with Gasteiger partial charge < -0.3 is 10.8 Å². The Balaban J connectivity index is 1.85. The van der Waals surface area contributed by atoms with E-state index in [9.17, 15) is 5.11 Å². The minimum absolute atomic E-state index is 0.412. The molecule has 5 heteroatoms. The van der Waals surface area contributed by atoms with E-state index in [1.807, 2.05) is 42.5 Å². The molecule has 5 nitrogen and oxygen atoms in total. The van der Waals surface area contributed by atoms with Gasteiger partial charge in [-0.25, -0.2) is 5.01 Å². The average Bonchev–Trinajstić information content (AvgIpc) is 2.60. The molecule has 0 amide bonds. The summed E-state index contributed by atoms with van der Waals surface area (Å²) in [6.45, 7) is 0.412. The number of aryl methyl sites for hydroxylation is 1. The number of rotatable bonds is 7. The zero-order chi connectivity index (χ0) is 16.7. The molecule has 0 aliphatic rings. The topological polar surface area (TPSA) is 99.3 Å². The molecule has 5 N–H and O–H groups in total. The van der Waals surface area contributed by atoms with E-state index in [4.69, 9.17) is 16.8 Å². The summed E-state index contributed by atoms with van der Waals surface area (Å²) < 4.78 is 0. The third-order valence-corrected chi connectivity index (χ3v) is 3.80. The fraction of sp³-hybridized carbons (Fsp3) is 0.278. The Bertz CT molecular complexity index is 636. The molecule has 0 heterocycles. The highest BCUT2D eigenvalue weighted by molar-refractivity contribution is 5.31. The highest BCUT2D eigenvalue weighted by Crippen LogP contribution is 2.10. The molecule has 0 aliphatic carbocycles. The molecular formula is C18H22N4O. The normalized spacial score (nSPS) is 13.5. The van der Waals surface area contributed by atoms with Crippen LogP contribution in [-0.2, 0) is 13.0 Å². The number of hydrogen-bond acceptors (Lipinski definition) is 5. The Morgan fingerprint density at radius 3 is 2.30 bits per heavy atom. The molecule has 2 aromatic carbocycles. The molecule has 2 rings (SSSR count). The first-order chi connectivity index (χ1) is 11.1. The Morgan fingerprint density at radius 1 is 1.04 bits per heavy atom. The fourth-order valence-corrected chi connectivity index (χ4v) is 2.35. The van der Waals surface area contributed by atoms with Crippen LogP contribution in [0.25, 0.3) is 0 Å². The van der Waals surface area contributed by atoms with Gasteiger partial charge >= 0.3 is 0 Å². The predicted octanol–water partition coefficient (Wildman–Crippen LogP) is 1.51. The molecule has 1 unspecified atom stereocenters. The second-order valence-electron chi connectivity index (χ2n) is 5.56. The molecule has 120 valence electrons. The standard InChI is InChI=1S/C18H22N4O/c19-12-15-6-8-16(9-7-15)13-22(21)18(20)17(23)11-10-14-4-2-1-3-5-14/h1-9,17-18,23H,10-11,13,20-21H2/t17-,18?/m0/s1. The molecule has 0 bridgehead atoms. The van der Waals surface area contributed by atoms with Crippen molar-refractivity contribution >= 4 is 0 Å². The van der Waals surface area contributed by atoms with Gasteiger partial charge in [0.25, 0.3) is 0 Å². The molecule has 0 aliphatic heterocycles. The van der Waals surface area contributed by atoms with Gasteiger partial charge in [0, 0.05) is 6.54 Å². The van der Waals surface area contributed by atoms with Gasteiger partial charge in [0.2, 0.25) is 0 Å². The molecule has 0 aromatic heterocycles. The first-order valence-electron chi connectivity index (χ1n) is 7.58. The van der Waals surface area contributed by atoms with Crippen molar-refractivity contribution in [3.05, 3.63) is 71.3 Å². The lowest BCUT2D eigenvalue weighted by Gasteiger charge is -2.28. The number of benzene rings is 2. The van der Waals surface area contributed by atoms with Crippen molar-refractivity contribution in [1.82, 2.24) is 5.01 Å². The second kappa shape index (κ2) is 8.42. The van der Waals surface area contributed by atoms with Crippen molar-refractivity contribution in [1.29, 1.82) is 5.26 Å². The third-order valence-electron chi connectivity index (χ3n) is 3.80. The van der Waals surface area contributed by atoms with E-state index in [1.54, 1.807) is 12.1 Å². The van der Waals surface area contributed by atoms with Crippen molar-refractivity contribution in [3.8, 4) is 6.07 Å². The Kier molecular flexibility index (Phi) is 6.27. The van der Waals surface area contributed by atoms with E-state index < -0.39 is 12.3 Å². The van der Waals surface area contributed by atoms with Crippen LogP contribution in [0.5, 0.6) is 0 Å². The van der Waals surface area contributed by atoms with Crippen molar-refractivity contribution in [2.24, 2.45) is 11.6 Å². The smallest absolute Gasteiger partial charge is 0.0991 e. The van der Waals surface area contributed by atoms with Gasteiger partial charge in [-0.05, 0) is 36.1 Å². The van der Waals surface area contributed by atoms with Crippen LogP contribution in [0.1, 0.15) is 23.1 Å². The van der Waals surface area contributed by atoms with Crippen molar-refractivity contribution < 1.29 is 5.11 Å². The van der Waals surface area contributed by atoms with Gasteiger partial charge in [-0.15, -0.1) is 0 Å². The third kappa shape index (κ3) is 5.16. The summed E-state index contributed by atoms with van der Waals surface area (Å²) in [5.41, 5.74) is 8.73. The van der Waals surface area contributed by atoms with Gasteiger partial charge in [-0.1, -0.05) is 42.5 Å². The summed E-state index contributed by atoms with van der Waals surface area (Å²) in [5, 5.41) is 20.4. The molecule has 0 radical (unpaired) electrons. The summed E-state index contributed by atoms with van der Waals surface area (Å²) in [6.07, 6.45) is -0.0555. The second-order valence-corrected chi connectivity index (χ2v) is 5.56. The molecule has 2 aromatic rings. The summed E-state index contributed by atoms with van der Waals surface area (Å²) in [5.74, 6) is 5.97. The van der Waals surface area contributed by atoms with Crippen LogP contribution in [0.15, 0.2) is 54.6 Å². The van der Waals surface area contributed by atoms with Crippen molar-refractivity contribution in [3.63, 3.8) is 0 Å². The summed E-state index contributed by atoms with van der Waals surface area (Å²) >= 11 is 0. The number of nitrogens with zero attached hydrogens (tertiary/aromatic N) is 2. The van der Waals surface area contributed by atoms with Gasteiger partial charge in [0.05, 0.1) is 23.9 Å². The van der Waals surface area contributed by atoms with Gasteiger partial charge in [0.15, 0.2) is 0 Å². The SMILES string of the molecule is N#Cc1ccc(CN(N)C(N)[C@@H](O)CCc2ccccc2)cc1. The highest BCUT2D eigenvalue weighted by Gasteiger charge is 2.20. The summed E-state index contributed by atoms with van der Waals surface area (Å²) in [6, 6.07) is 19.2. The number of hydrazine groups is 1. The number of aliphatic hydroxyl groups excluding tert-OH is 1. The Labute approximate surface area is 136 Å². The van der Waals surface area contributed by atoms with Crippen LogP contribution in [-0.4, -0.2) is 22.4 Å². The molecule has 0 spiro atoms. The highest BCUT2D eigenvalue weighted by atomic mass is 16.3. The Morgan fingerprint density at radius 2 is 1.70 bits per heavy atom. The van der Waals surface area contributed by atoms with Gasteiger partial charge in [0.1, 0.15) is 0 Å². The van der Waals surface area contributed by atoms with E-state index in [0.717, 1.165) is 17.5 Å². The van der Waals surface area contributed by atoms with E-state index in [1.165, 1.54) is 5.01 Å². The Hall–Kier alpha value is -2.23. The minimum atomic E-state index is -0.710. The number of nitrogens with two attached hydrogens (primary N) is 2. The lowest BCUT2D eigenvalue weighted by Crippen LogP contribution is -2.53. The minimum Gasteiger partial charge on any atom is -0.390 e. The molecule has 0 fully saturated rings. The molecule has 23 heavy (non-hydrogen) atoms. The maximum absolute atomic E-state index is 10.2. The number of aliphatic hydroxyl groups is 1. The first kappa shape index (κ1) is 17.1. The first-order valence-corrected chi connectivity index (χ1v) is 7.58. The van der Waals surface area contributed by atoms with Crippen molar-refractivity contribution in [2.75, 3.05) is 0 Å². The van der Waals surface area contributed by atoms with Crippen LogP contribution in [0.4, 0.5) is 0 Å². The lowest BCUT2D eigenvalue weighted by atomic mass is 10.0. The number of hydrogen-bond donors (Lipinski definition) is 3. The largest absolute Gasteiger partial charge is 0.390 e. The van der Waals surface area contributed by atoms with Crippen molar-refractivity contribution in [2.45, 2.75) is 31.7 Å². The fourth-order valence-electron chi connectivity index (χ4n) is 2.35. The van der Waals surface area contributed by atoms with Gasteiger partial charge in [-0.3, -0.25) is 5.84 Å². The quantitative estimate of drug-likeness (QED) is 0.409. The van der Waals surface area contributed by atoms with E-state index in [0.29, 0.717) is 18.5 Å². The van der Waals surface area contributed by atoms with E-state index in [-0.39, 0.29) is 0 Å².